The van der Waals surface area contributed by atoms with Crippen LogP contribution in [0, 0.1) is 27.2 Å². The van der Waals surface area contributed by atoms with Crippen molar-refractivity contribution in [3.63, 3.8) is 0 Å². The van der Waals surface area contributed by atoms with Crippen LogP contribution in [0.25, 0.3) is 11.3 Å². The second-order valence-electron chi connectivity index (χ2n) is 6.09. The zero-order valence-corrected chi connectivity index (χ0v) is 16.3. The molecule has 0 spiro atoms. The van der Waals surface area contributed by atoms with Crippen molar-refractivity contribution in [3.05, 3.63) is 86.1 Å². The van der Waals surface area contributed by atoms with E-state index in [0.717, 1.165) is 0 Å². The quantitative estimate of drug-likeness (QED) is 0.351. The topological polar surface area (TPSA) is 141 Å². The number of carbonyl (C=O) groups excluding carboxylic acids is 1. The second-order valence-corrected chi connectivity index (χ2v) is 6.49. The average molecular weight is 426 g/mol. The predicted octanol–water partition coefficient (Wildman–Crippen LogP) is 4.20. The first-order chi connectivity index (χ1) is 14.3. The number of nitro benzene ring substituents is 2. The Labute approximate surface area is 174 Å². The van der Waals surface area contributed by atoms with E-state index in [4.69, 9.17) is 16.6 Å². The van der Waals surface area contributed by atoms with E-state index in [1.54, 1.807) is 19.1 Å². The second kappa shape index (κ2) is 8.49. The van der Waals surface area contributed by atoms with Gasteiger partial charge in [0, 0.05) is 23.8 Å². The van der Waals surface area contributed by atoms with Gasteiger partial charge in [0.15, 0.2) is 10.9 Å². The number of thiocarbonyl (C=S) groups is 1. The van der Waals surface area contributed by atoms with E-state index < -0.39 is 15.8 Å². The third kappa shape index (κ3) is 4.47. The highest BCUT2D eigenvalue weighted by atomic mass is 32.1. The maximum atomic E-state index is 12.4. The highest BCUT2D eigenvalue weighted by molar-refractivity contribution is 7.80. The number of anilines is 1. The fourth-order valence-corrected chi connectivity index (χ4v) is 2.87. The number of non-ortho nitro benzene ring substituents is 1. The monoisotopic (exact) mass is 426 g/mol. The van der Waals surface area contributed by atoms with Crippen LogP contribution in [-0.4, -0.2) is 20.9 Å². The molecule has 2 N–H and O–H groups in total. The first-order valence-corrected chi connectivity index (χ1v) is 8.88. The number of nitrogens with one attached hydrogen (secondary N) is 2. The highest BCUT2D eigenvalue weighted by Gasteiger charge is 2.17. The van der Waals surface area contributed by atoms with Crippen molar-refractivity contribution < 1.29 is 19.1 Å². The molecule has 0 aliphatic carbocycles. The molecule has 10 nitrogen and oxygen atoms in total. The van der Waals surface area contributed by atoms with Crippen LogP contribution in [0.3, 0.4) is 0 Å². The van der Waals surface area contributed by atoms with Crippen LogP contribution in [0.15, 0.2) is 59.0 Å². The van der Waals surface area contributed by atoms with Gasteiger partial charge >= 0.3 is 0 Å². The van der Waals surface area contributed by atoms with Gasteiger partial charge in [-0.2, -0.15) is 0 Å². The molecule has 0 aliphatic heterocycles. The molecule has 1 heterocycles. The molecule has 0 fully saturated rings. The van der Waals surface area contributed by atoms with Crippen molar-refractivity contribution in [3.8, 4) is 11.3 Å². The normalized spacial score (nSPS) is 10.3. The molecule has 0 radical (unpaired) electrons. The van der Waals surface area contributed by atoms with Gasteiger partial charge in [0.25, 0.3) is 17.3 Å². The lowest BCUT2D eigenvalue weighted by Crippen LogP contribution is -2.34. The molecule has 11 heteroatoms. The summed E-state index contributed by atoms with van der Waals surface area (Å²) in [5.74, 6) is -0.430. The number of nitro groups is 2. The summed E-state index contributed by atoms with van der Waals surface area (Å²) in [5, 5.41) is 27.0. The van der Waals surface area contributed by atoms with E-state index in [2.05, 4.69) is 10.6 Å². The van der Waals surface area contributed by atoms with Crippen LogP contribution < -0.4 is 10.6 Å². The van der Waals surface area contributed by atoms with Gasteiger partial charge in [-0.3, -0.25) is 30.3 Å². The smallest absolute Gasteiger partial charge is 0.293 e. The van der Waals surface area contributed by atoms with E-state index in [0.29, 0.717) is 16.8 Å². The van der Waals surface area contributed by atoms with E-state index in [1.165, 1.54) is 42.5 Å². The van der Waals surface area contributed by atoms with Crippen LogP contribution in [0.2, 0.25) is 0 Å². The minimum Gasteiger partial charge on any atom is -0.451 e. The third-order valence-corrected chi connectivity index (χ3v) is 4.35. The summed E-state index contributed by atoms with van der Waals surface area (Å²) in [7, 11) is 0. The molecule has 0 saturated carbocycles. The van der Waals surface area contributed by atoms with Gasteiger partial charge < -0.3 is 9.73 Å². The zero-order valence-electron chi connectivity index (χ0n) is 15.4. The standard InChI is InChI=1S/C19H14N4O6S/c1-11-14(6-3-7-15(11)23(27)28)20-19(30)21-18(24)17-9-8-16(29-17)12-4-2-5-13(10-12)22(25)26/h2-10H,1H3,(H2,20,21,24,30). The van der Waals surface area contributed by atoms with E-state index in [1.807, 2.05) is 0 Å². The average Bonchev–Trinajstić information content (AvgIpc) is 3.20. The van der Waals surface area contributed by atoms with Crippen LogP contribution in [0.1, 0.15) is 16.1 Å². The van der Waals surface area contributed by atoms with Crippen molar-refractivity contribution in [2.24, 2.45) is 0 Å². The number of carbonyl (C=O) groups is 1. The van der Waals surface area contributed by atoms with Gasteiger partial charge in [-0.05, 0) is 37.3 Å². The van der Waals surface area contributed by atoms with Crippen molar-refractivity contribution in [2.75, 3.05) is 5.32 Å². The Morgan fingerprint density at radius 2 is 1.77 bits per heavy atom. The fraction of sp³-hybridized carbons (Fsp3) is 0.0526. The number of rotatable bonds is 5. The van der Waals surface area contributed by atoms with Gasteiger partial charge in [0.1, 0.15) is 5.76 Å². The minimum atomic E-state index is -0.646. The molecule has 152 valence electrons. The maximum absolute atomic E-state index is 12.4. The molecule has 3 rings (SSSR count). The number of nitrogens with zero attached hydrogens (tertiary/aromatic N) is 2. The largest absolute Gasteiger partial charge is 0.451 e. The fourth-order valence-electron chi connectivity index (χ4n) is 2.66. The Morgan fingerprint density at radius 3 is 2.47 bits per heavy atom. The lowest BCUT2D eigenvalue weighted by atomic mass is 10.1. The van der Waals surface area contributed by atoms with Crippen LogP contribution in [0.4, 0.5) is 17.1 Å². The van der Waals surface area contributed by atoms with Gasteiger partial charge in [-0.25, -0.2) is 0 Å². The Bertz CT molecular complexity index is 1170. The number of furan rings is 1. The lowest BCUT2D eigenvalue weighted by molar-refractivity contribution is -0.385. The van der Waals surface area contributed by atoms with Crippen LogP contribution >= 0.6 is 12.2 Å². The van der Waals surface area contributed by atoms with Crippen molar-refractivity contribution in [2.45, 2.75) is 6.92 Å². The van der Waals surface area contributed by atoms with Gasteiger partial charge in [0.05, 0.1) is 21.1 Å². The van der Waals surface area contributed by atoms with Crippen molar-refractivity contribution in [1.29, 1.82) is 0 Å². The summed E-state index contributed by atoms with van der Waals surface area (Å²) < 4.78 is 5.48. The van der Waals surface area contributed by atoms with Crippen molar-refractivity contribution >= 4 is 40.3 Å². The highest BCUT2D eigenvalue weighted by Crippen LogP contribution is 2.26. The molecular formula is C19H14N4O6S. The molecule has 2 aromatic carbocycles. The number of benzene rings is 2. The molecular weight excluding hydrogens is 412 g/mol. The van der Waals surface area contributed by atoms with Gasteiger partial charge in [-0.15, -0.1) is 0 Å². The summed E-state index contributed by atoms with van der Waals surface area (Å²) in [6, 6.07) is 13.2. The Morgan fingerprint density at radius 1 is 1.03 bits per heavy atom. The Balaban J connectivity index is 1.71. The van der Waals surface area contributed by atoms with Gasteiger partial charge in [-0.1, -0.05) is 18.2 Å². The number of hydrogen-bond donors (Lipinski definition) is 2. The minimum absolute atomic E-state index is 0.0589. The first kappa shape index (κ1) is 20.6. The molecule has 0 atom stereocenters. The predicted molar refractivity (Wildman–Crippen MR) is 112 cm³/mol. The molecule has 0 aliphatic rings. The first-order valence-electron chi connectivity index (χ1n) is 8.47. The van der Waals surface area contributed by atoms with Crippen molar-refractivity contribution in [1.82, 2.24) is 5.32 Å². The maximum Gasteiger partial charge on any atom is 0.293 e. The van der Waals surface area contributed by atoms with Crippen LogP contribution in [-0.2, 0) is 0 Å². The summed E-state index contributed by atoms with van der Waals surface area (Å²) >= 11 is 5.10. The van der Waals surface area contributed by atoms with E-state index in [9.17, 15) is 25.0 Å². The third-order valence-electron chi connectivity index (χ3n) is 4.15. The molecule has 1 aromatic heterocycles. The lowest BCUT2D eigenvalue weighted by Gasteiger charge is -2.11. The van der Waals surface area contributed by atoms with Crippen LogP contribution in [0.5, 0.6) is 0 Å². The summed E-state index contributed by atoms with van der Waals surface area (Å²) in [6.45, 7) is 1.56. The van der Waals surface area contributed by atoms with E-state index in [-0.39, 0.29) is 28.0 Å². The molecule has 3 aromatic rings. The summed E-state index contributed by atoms with van der Waals surface area (Å²) in [5.41, 5.74) is 1.00. The Hall–Kier alpha value is -4.12. The molecule has 0 unspecified atom stereocenters. The molecule has 1 amide bonds. The summed E-state index contributed by atoms with van der Waals surface area (Å²) in [4.78, 5) is 33.3. The SMILES string of the molecule is Cc1c(NC(=S)NC(=O)c2ccc(-c3cccc([N+](=O)[O-])c3)o2)cccc1[N+](=O)[O-]. The number of amides is 1. The van der Waals surface area contributed by atoms with E-state index >= 15 is 0 Å². The number of hydrogen-bond acceptors (Lipinski definition) is 7. The molecule has 0 saturated heterocycles. The molecule has 0 bridgehead atoms. The molecule has 30 heavy (non-hydrogen) atoms. The van der Waals surface area contributed by atoms with Gasteiger partial charge in [0.2, 0.25) is 0 Å². The summed E-state index contributed by atoms with van der Waals surface area (Å²) in [6.07, 6.45) is 0. The zero-order chi connectivity index (χ0) is 21.8. The Kier molecular flexibility index (Phi) is 5.83.